The molecule has 0 aromatic rings. The molecule has 5 heteroatoms. The number of nitrogens with one attached hydrogen (secondary N) is 2. The zero-order valence-corrected chi connectivity index (χ0v) is 6.01. The highest BCUT2D eigenvalue weighted by Crippen LogP contribution is 2.06. The van der Waals surface area contributed by atoms with Crippen molar-refractivity contribution in [2.24, 2.45) is 0 Å². The van der Waals surface area contributed by atoms with Gasteiger partial charge in [0.05, 0.1) is 6.04 Å². The fraction of sp³-hybridized carbons (Fsp3) is 0.833. The SMILES string of the molecule is O=C(O)N[C@@H]1CCNC[C@H]1F. The minimum Gasteiger partial charge on any atom is -0.465 e. The maximum Gasteiger partial charge on any atom is 0.404 e. The van der Waals surface area contributed by atoms with Crippen LogP contribution in [0.1, 0.15) is 6.42 Å². The number of hydrogen-bond acceptors (Lipinski definition) is 2. The Hall–Kier alpha value is -0.840. The summed E-state index contributed by atoms with van der Waals surface area (Å²) in [5, 5.41) is 13.2. The molecule has 11 heavy (non-hydrogen) atoms. The zero-order valence-electron chi connectivity index (χ0n) is 6.01. The van der Waals surface area contributed by atoms with Crippen LogP contribution in [0, 0.1) is 0 Å². The summed E-state index contributed by atoms with van der Waals surface area (Å²) in [6, 6.07) is -0.534. The third-order valence-electron chi connectivity index (χ3n) is 1.72. The molecule has 0 aromatic heterocycles. The topological polar surface area (TPSA) is 61.4 Å². The van der Waals surface area contributed by atoms with E-state index in [1.807, 2.05) is 0 Å². The maximum atomic E-state index is 12.8. The minimum absolute atomic E-state index is 0.241. The molecule has 0 unspecified atom stereocenters. The molecule has 0 aromatic carbocycles. The fourth-order valence-corrected chi connectivity index (χ4v) is 1.14. The third kappa shape index (κ3) is 2.34. The summed E-state index contributed by atoms with van der Waals surface area (Å²) >= 11 is 0. The Morgan fingerprint density at radius 2 is 2.45 bits per heavy atom. The first-order chi connectivity index (χ1) is 5.20. The minimum atomic E-state index is -1.15. The molecule has 4 nitrogen and oxygen atoms in total. The number of amides is 1. The lowest BCUT2D eigenvalue weighted by Gasteiger charge is -2.26. The van der Waals surface area contributed by atoms with Gasteiger partial charge in [0, 0.05) is 6.54 Å². The van der Waals surface area contributed by atoms with Crippen LogP contribution in [0.2, 0.25) is 0 Å². The van der Waals surface area contributed by atoms with Crippen LogP contribution in [0.15, 0.2) is 0 Å². The molecule has 1 fully saturated rings. The quantitative estimate of drug-likeness (QED) is 0.506. The lowest BCUT2D eigenvalue weighted by Crippen LogP contribution is -2.50. The highest BCUT2D eigenvalue weighted by molar-refractivity contribution is 5.64. The molecule has 1 rings (SSSR count). The molecule has 1 saturated heterocycles. The van der Waals surface area contributed by atoms with Gasteiger partial charge in [0.2, 0.25) is 0 Å². The highest BCUT2D eigenvalue weighted by Gasteiger charge is 2.25. The van der Waals surface area contributed by atoms with Gasteiger partial charge in [0.15, 0.2) is 0 Å². The first-order valence-corrected chi connectivity index (χ1v) is 3.54. The summed E-state index contributed by atoms with van der Waals surface area (Å²) in [6.45, 7) is 0.913. The molecule has 0 radical (unpaired) electrons. The van der Waals surface area contributed by atoms with Gasteiger partial charge in [-0.3, -0.25) is 0 Å². The second-order valence-corrected chi connectivity index (χ2v) is 2.56. The van der Waals surface area contributed by atoms with Crippen molar-refractivity contribution in [1.29, 1.82) is 0 Å². The Morgan fingerprint density at radius 3 is 3.00 bits per heavy atom. The summed E-state index contributed by atoms with van der Waals surface area (Å²) in [5.41, 5.74) is 0. The van der Waals surface area contributed by atoms with E-state index in [1.165, 1.54) is 0 Å². The molecule has 1 aliphatic heterocycles. The van der Waals surface area contributed by atoms with Crippen molar-refractivity contribution in [2.75, 3.05) is 13.1 Å². The second-order valence-electron chi connectivity index (χ2n) is 2.56. The molecule has 0 spiro atoms. The summed E-state index contributed by atoms with van der Waals surface area (Å²) in [4.78, 5) is 10.1. The van der Waals surface area contributed by atoms with Crippen molar-refractivity contribution in [3.8, 4) is 0 Å². The van der Waals surface area contributed by atoms with Crippen LogP contribution < -0.4 is 10.6 Å². The average Bonchev–Trinajstić information content (AvgIpc) is 1.93. The molecule has 1 amide bonds. The number of alkyl halides is 1. The van der Waals surface area contributed by atoms with Crippen LogP contribution in [0.25, 0.3) is 0 Å². The van der Waals surface area contributed by atoms with E-state index in [1.54, 1.807) is 0 Å². The van der Waals surface area contributed by atoms with Gasteiger partial charge in [0.1, 0.15) is 6.17 Å². The van der Waals surface area contributed by atoms with Crippen molar-refractivity contribution in [1.82, 2.24) is 10.6 Å². The number of rotatable bonds is 1. The first-order valence-electron chi connectivity index (χ1n) is 3.54. The second kappa shape index (κ2) is 3.52. The summed E-state index contributed by atoms with van der Waals surface area (Å²) in [5.74, 6) is 0. The van der Waals surface area contributed by atoms with Crippen molar-refractivity contribution in [3.05, 3.63) is 0 Å². The number of piperidine rings is 1. The van der Waals surface area contributed by atoms with Crippen LogP contribution in [0.3, 0.4) is 0 Å². The predicted molar refractivity (Wildman–Crippen MR) is 37.3 cm³/mol. The molecule has 2 atom stereocenters. The van der Waals surface area contributed by atoms with Crippen molar-refractivity contribution in [3.63, 3.8) is 0 Å². The van der Waals surface area contributed by atoms with E-state index >= 15 is 0 Å². The standard InChI is InChI=1S/C6H11FN2O2/c7-4-3-8-2-1-5(4)9-6(10)11/h4-5,8-9H,1-3H2,(H,10,11)/t4-,5-/m1/s1. The van der Waals surface area contributed by atoms with E-state index in [4.69, 9.17) is 5.11 Å². The van der Waals surface area contributed by atoms with Gasteiger partial charge < -0.3 is 15.7 Å². The van der Waals surface area contributed by atoms with Gasteiger partial charge >= 0.3 is 6.09 Å². The smallest absolute Gasteiger partial charge is 0.404 e. The van der Waals surface area contributed by atoms with Gasteiger partial charge in [-0.05, 0) is 13.0 Å². The molecule has 1 heterocycles. The monoisotopic (exact) mass is 162 g/mol. The third-order valence-corrected chi connectivity index (χ3v) is 1.72. The summed E-state index contributed by atoms with van der Waals surface area (Å²) in [6.07, 6.45) is -1.73. The number of hydrogen-bond donors (Lipinski definition) is 3. The van der Waals surface area contributed by atoms with E-state index in [0.29, 0.717) is 13.0 Å². The predicted octanol–water partition coefficient (Wildman–Crippen LogP) is -0.0460. The van der Waals surface area contributed by atoms with Gasteiger partial charge in [0.25, 0.3) is 0 Å². The number of carbonyl (C=O) groups is 1. The molecule has 0 aliphatic carbocycles. The van der Waals surface area contributed by atoms with Gasteiger partial charge in [-0.1, -0.05) is 0 Å². The number of halogens is 1. The zero-order chi connectivity index (χ0) is 8.27. The largest absolute Gasteiger partial charge is 0.465 e. The lowest BCUT2D eigenvalue weighted by molar-refractivity contribution is 0.163. The van der Waals surface area contributed by atoms with Crippen LogP contribution >= 0.6 is 0 Å². The number of carboxylic acid groups (broad SMARTS) is 1. The summed E-state index contributed by atoms with van der Waals surface area (Å²) < 4.78 is 12.8. The van der Waals surface area contributed by atoms with E-state index in [9.17, 15) is 9.18 Å². The van der Waals surface area contributed by atoms with Crippen LogP contribution in [-0.2, 0) is 0 Å². The Balaban J connectivity index is 2.35. The lowest BCUT2D eigenvalue weighted by atomic mass is 10.1. The molecule has 0 bridgehead atoms. The van der Waals surface area contributed by atoms with Crippen molar-refractivity contribution in [2.45, 2.75) is 18.6 Å². The molecule has 1 aliphatic rings. The Bertz CT molecular complexity index is 154. The van der Waals surface area contributed by atoms with Gasteiger partial charge in [-0.15, -0.1) is 0 Å². The first kappa shape index (κ1) is 8.26. The average molecular weight is 162 g/mol. The van der Waals surface area contributed by atoms with E-state index in [2.05, 4.69) is 10.6 Å². The summed E-state index contributed by atoms with van der Waals surface area (Å²) in [7, 11) is 0. The van der Waals surface area contributed by atoms with Crippen molar-refractivity contribution >= 4 is 6.09 Å². The van der Waals surface area contributed by atoms with Gasteiger partial charge in [-0.25, -0.2) is 9.18 Å². The Labute approximate surface area is 63.8 Å². The van der Waals surface area contributed by atoms with E-state index in [0.717, 1.165) is 0 Å². The van der Waals surface area contributed by atoms with E-state index < -0.39 is 18.3 Å². The highest BCUT2D eigenvalue weighted by atomic mass is 19.1. The molecule has 3 N–H and O–H groups in total. The fourth-order valence-electron chi connectivity index (χ4n) is 1.14. The maximum absolute atomic E-state index is 12.8. The Morgan fingerprint density at radius 1 is 1.73 bits per heavy atom. The van der Waals surface area contributed by atoms with E-state index in [-0.39, 0.29) is 6.54 Å². The molecule has 0 saturated carbocycles. The van der Waals surface area contributed by atoms with Crippen LogP contribution in [-0.4, -0.2) is 36.5 Å². The molecule has 64 valence electrons. The van der Waals surface area contributed by atoms with Crippen LogP contribution in [0.5, 0.6) is 0 Å². The van der Waals surface area contributed by atoms with Crippen LogP contribution in [0.4, 0.5) is 9.18 Å². The Kier molecular flexibility index (Phi) is 2.64. The molecular weight excluding hydrogens is 151 g/mol. The van der Waals surface area contributed by atoms with Crippen molar-refractivity contribution < 1.29 is 14.3 Å². The normalized spacial score (nSPS) is 31.4. The van der Waals surface area contributed by atoms with Gasteiger partial charge in [-0.2, -0.15) is 0 Å². The molecular formula is C6H11FN2O2.